The second-order valence-electron chi connectivity index (χ2n) is 6.38. The molecule has 0 aliphatic carbocycles. The molecule has 0 fully saturated rings. The summed E-state index contributed by atoms with van der Waals surface area (Å²) in [4.78, 5) is 13.2. The number of para-hydroxylation sites is 2. The molecule has 0 heterocycles. The summed E-state index contributed by atoms with van der Waals surface area (Å²) in [6.07, 6.45) is 0. The van der Waals surface area contributed by atoms with Crippen molar-refractivity contribution in [2.24, 2.45) is 0 Å². The minimum atomic E-state index is -0.0926. The van der Waals surface area contributed by atoms with Crippen molar-refractivity contribution < 1.29 is 14.3 Å². The summed E-state index contributed by atoms with van der Waals surface area (Å²) in [5.74, 6) is 1.59. The summed E-state index contributed by atoms with van der Waals surface area (Å²) >= 11 is 6.85. The normalized spacial score (nSPS) is 10.1. The van der Waals surface area contributed by atoms with E-state index in [9.17, 15) is 4.79 Å². The van der Waals surface area contributed by atoms with Crippen LogP contribution in [-0.2, 0) is 4.79 Å². The molecule has 3 aromatic rings. The largest absolute Gasteiger partial charge is 0.497 e. The number of anilines is 3. The highest BCUT2D eigenvalue weighted by Gasteiger charge is 2.07. The van der Waals surface area contributed by atoms with E-state index in [4.69, 9.17) is 21.7 Å². The van der Waals surface area contributed by atoms with Gasteiger partial charge in [0.15, 0.2) is 5.11 Å². The number of ether oxygens (including phenoxy) is 2. The summed E-state index contributed by atoms with van der Waals surface area (Å²) in [5, 5.41) is 9.61. The third-order valence-electron chi connectivity index (χ3n) is 4.17. The van der Waals surface area contributed by atoms with Crippen LogP contribution in [0.15, 0.2) is 77.7 Å². The summed E-state index contributed by atoms with van der Waals surface area (Å²) in [6.45, 7) is 0. The maximum atomic E-state index is 12.3. The van der Waals surface area contributed by atoms with Gasteiger partial charge in [0.1, 0.15) is 11.5 Å². The number of benzene rings is 3. The summed E-state index contributed by atoms with van der Waals surface area (Å²) < 4.78 is 10.5. The van der Waals surface area contributed by atoms with Crippen LogP contribution in [0.1, 0.15) is 0 Å². The first-order chi connectivity index (χ1) is 15.1. The molecule has 3 N–H and O–H groups in total. The number of nitrogens with one attached hydrogen (secondary N) is 3. The van der Waals surface area contributed by atoms with E-state index in [0.29, 0.717) is 22.3 Å². The van der Waals surface area contributed by atoms with Gasteiger partial charge in [0.25, 0.3) is 0 Å². The minimum absolute atomic E-state index is 0.0926. The van der Waals surface area contributed by atoms with Crippen molar-refractivity contribution in [1.29, 1.82) is 0 Å². The van der Waals surface area contributed by atoms with Gasteiger partial charge < -0.3 is 25.4 Å². The molecule has 160 valence electrons. The monoisotopic (exact) mass is 453 g/mol. The molecule has 3 rings (SSSR count). The van der Waals surface area contributed by atoms with E-state index < -0.39 is 0 Å². The molecule has 0 aliphatic rings. The molecule has 3 aromatic carbocycles. The Morgan fingerprint density at radius 3 is 2.39 bits per heavy atom. The Morgan fingerprint density at radius 1 is 0.871 bits per heavy atom. The summed E-state index contributed by atoms with van der Waals surface area (Å²) in [6, 6.07) is 22.5. The third kappa shape index (κ3) is 6.91. The number of carbonyl (C=O) groups excluding carboxylic acids is 1. The lowest BCUT2D eigenvalue weighted by Crippen LogP contribution is -2.19. The van der Waals surface area contributed by atoms with Gasteiger partial charge in [-0.05, 0) is 54.7 Å². The molecule has 0 radical (unpaired) electrons. The molecule has 0 saturated heterocycles. The zero-order valence-corrected chi connectivity index (χ0v) is 18.8. The Kier molecular flexibility index (Phi) is 8.14. The fourth-order valence-corrected chi connectivity index (χ4v) is 3.73. The van der Waals surface area contributed by atoms with Gasteiger partial charge in [0.05, 0.1) is 25.7 Å². The average molecular weight is 454 g/mol. The number of rotatable bonds is 8. The van der Waals surface area contributed by atoms with E-state index in [1.54, 1.807) is 20.3 Å². The third-order valence-corrected chi connectivity index (χ3v) is 5.37. The van der Waals surface area contributed by atoms with Gasteiger partial charge in [-0.15, -0.1) is 11.8 Å². The first-order valence-electron chi connectivity index (χ1n) is 9.45. The van der Waals surface area contributed by atoms with Gasteiger partial charge >= 0.3 is 0 Å². The Balaban J connectivity index is 1.53. The molecule has 0 bridgehead atoms. The molecule has 0 saturated carbocycles. The van der Waals surface area contributed by atoms with Crippen LogP contribution in [0.5, 0.6) is 11.5 Å². The van der Waals surface area contributed by atoms with Crippen molar-refractivity contribution in [2.75, 3.05) is 35.9 Å². The maximum absolute atomic E-state index is 12.3. The Labute approximate surface area is 191 Å². The molecule has 8 heteroatoms. The molecular formula is C23H23N3O3S2. The number of hydrogen-bond acceptors (Lipinski definition) is 5. The molecular weight excluding hydrogens is 430 g/mol. The number of methoxy groups -OCH3 is 2. The number of thiocarbonyl (C=S) groups is 1. The van der Waals surface area contributed by atoms with E-state index in [1.165, 1.54) is 11.8 Å². The van der Waals surface area contributed by atoms with Crippen LogP contribution < -0.4 is 25.4 Å². The van der Waals surface area contributed by atoms with Gasteiger partial charge in [-0.25, -0.2) is 0 Å². The maximum Gasteiger partial charge on any atom is 0.234 e. The first-order valence-corrected chi connectivity index (χ1v) is 10.8. The molecule has 0 atom stereocenters. The zero-order chi connectivity index (χ0) is 22.1. The molecule has 31 heavy (non-hydrogen) atoms. The Hall–Kier alpha value is -3.23. The summed E-state index contributed by atoms with van der Waals surface area (Å²) in [5.41, 5.74) is 2.31. The van der Waals surface area contributed by atoms with Crippen molar-refractivity contribution in [1.82, 2.24) is 0 Å². The van der Waals surface area contributed by atoms with Crippen molar-refractivity contribution in [2.45, 2.75) is 4.90 Å². The number of carbonyl (C=O) groups is 1. The van der Waals surface area contributed by atoms with E-state index in [2.05, 4.69) is 16.0 Å². The van der Waals surface area contributed by atoms with E-state index in [0.717, 1.165) is 16.3 Å². The van der Waals surface area contributed by atoms with Gasteiger partial charge in [-0.3, -0.25) is 4.79 Å². The molecule has 0 unspecified atom stereocenters. The highest BCUT2D eigenvalue weighted by atomic mass is 32.2. The molecule has 0 aliphatic heterocycles. The highest BCUT2D eigenvalue weighted by Crippen LogP contribution is 2.25. The fraction of sp³-hybridized carbons (Fsp3) is 0.130. The van der Waals surface area contributed by atoms with Gasteiger partial charge in [0.2, 0.25) is 5.91 Å². The van der Waals surface area contributed by atoms with Crippen molar-refractivity contribution in [3.05, 3.63) is 72.8 Å². The average Bonchev–Trinajstić information content (AvgIpc) is 2.78. The van der Waals surface area contributed by atoms with Crippen LogP contribution >= 0.6 is 24.0 Å². The number of hydrogen-bond donors (Lipinski definition) is 3. The van der Waals surface area contributed by atoms with E-state index in [1.807, 2.05) is 66.7 Å². The zero-order valence-electron chi connectivity index (χ0n) is 17.2. The fourth-order valence-electron chi connectivity index (χ4n) is 2.74. The topological polar surface area (TPSA) is 71.6 Å². The van der Waals surface area contributed by atoms with Crippen LogP contribution in [0.3, 0.4) is 0 Å². The second-order valence-corrected chi connectivity index (χ2v) is 7.83. The lowest BCUT2D eigenvalue weighted by molar-refractivity contribution is -0.113. The Morgan fingerprint density at radius 2 is 1.61 bits per heavy atom. The van der Waals surface area contributed by atoms with Crippen molar-refractivity contribution in [3.8, 4) is 11.5 Å². The van der Waals surface area contributed by atoms with Crippen LogP contribution in [0.2, 0.25) is 0 Å². The number of thioether (sulfide) groups is 1. The van der Waals surface area contributed by atoms with Crippen LogP contribution in [0, 0.1) is 0 Å². The smallest absolute Gasteiger partial charge is 0.234 e. The number of amides is 1. The lowest BCUT2D eigenvalue weighted by atomic mass is 10.3. The predicted octanol–water partition coefficient (Wildman–Crippen LogP) is 5.24. The van der Waals surface area contributed by atoms with Crippen LogP contribution in [0.4, 0.5) is 17.1 Å². The SMILES string of the molecule is COc1cccc(NC(=O)CSc2cccc(NC(=S)Nc3ccccc3OC)c2)c1. The standard InChI is InChI=1S/C23H23N3O3S2/c1-28-18-9-5-7-16(13-18)24-22(27)15-31-19-10-6-8-17(14-19)25-23(30)26-20-11-3-4-12-21(20)29-2/h3-14H,15H2,1-2H3,(H,24,27)(H2,25,26,30). The van der Waals surface area contributed by atoms with Crippen LogP contribution in [-0.4, -0.2) is 31.0 Å². The van der Waals surface area contributed by atoms with Gasteiger partial charge in [-0.1, -0.05) is 24.3 Å². The van der Waals surface area contributed by atoms with E-state index in [-0.39, 0.29) is 11.7 Å². The quantitative estimate of drug-likeness (QED) is 0.318. The molecule has 0 aromatic heterocycles. The molecule has 1 amide bonds. The van der Waals surface area contributed by atoms with E-state index >= 15 is 0 Å². The van der Waals surface area contributed by atoms with Gasteiger partial charge in [0, 0.05) is 22.3 Å². The summed E-state index contributed by atoms with van der Waals surface area (Å²) in [7, 11) is 3.21. The van der Waals surface area contributed by atoms with Crippen LogP contribution in [0.25, 0.3) is 0 Å². The van der Waals surface area contributed by atoms with Crippen molar-refractivity contribution in [3.63, 3.8) is 0 Å². The predicted molar refractivity (Wildman–Crippen MR) is 132 cm³/mol. The minimum Gasteiger partial charge on any atom is -0.497 e. The van der Waals surface area contributed by atoms with Gasteiger partial charge in [-0.2, -0.15) is 0 Å². The Bertz CT molecular complexity index is 1060. The molecule has 0 spiro atoms. The lowest BCUT2D eigenvalue weighted by Gasteiger charge is -2.14. The molecule has 6 nitrogen and oxygen atoms in total. The van der Waals surface area contributed by atoms with Crippen molar-refractivity contribution >= 4 is 52.1 Å². The highest BCUT2D eigenvalue weighted by molar-refractivity contribution is 8.00. The first kappa shape index (κ1) is 22.5. The second kappa shape index (κ2) is 11.2.